The van der Waals surface area contributed by atoms with Gasteiger partial charge >= 0.3 is 0 Å². The number of carbonyl (C=O) groups is 1. The van der Waals surface area contributed by atoms with Crippen molar-refractivity contribution in [1.82, 2.24) is 4.90 Å². The van der Waals surface area contributed by atoms with E-state index in [1.807, 2.05) is 36.1 Å². The predicted octanol–water partition coefficient (Wildman–Crippen LogP) is 3.08. The second kappa shape index (κ2) is 6.46. The lowest BCUT2D eigenvalue weighted by Crippen LogP contribution is -2.52. The van der Waals surface area contributed by atoms with Crippen molar-refractivity contribution in [1.29, 1.82) is 0 Å². The SMILES string of the molecule is COc1ccc(C2=NO[C@](C)(C(=O)N3C[C@@H](C)C[C@H](C)C3)C2)cc1. The monoisotopic (exact) mass is 330 g/mol. The second-order valence-corrected chi connectivity index (χ2v) is 7.42. The van der Waals surface area contributed by atoms with Gasteiger partial charge in [0, 0.05) is 19.5 Å². The Kier molecular flexibility index (Phi) is 4.52. The van der Waals surface area contributed by atoms with Gasteiger partial charge in [0.05, 0.1) is 12.8 Å². The highest BCUT2D eigenvalue weighted by Gasteiger charge is 2.45. The molecule has 1 saturated heterocycles. The summed E-state index contributed by atoms with van der Waals surface area (Å²) in [5.41, 5.74) is 0.880. The molecule has 24 heavy (non-hydrogen) atoms. The highest BCUT2D eigenvalue weighted by atomic mass is 16.7. The Morgan fingerprint density at radius 3 is 2.46 bits per heavy atom. The fourth-order valence-electron chi connectivity index (χ4n) is 3.76. The number of carbonyl (C=O) groups excluding carboxylic acids is 1. The number of ether oxygens (including phenoxy) is 1. The molecule has 3 rings (SSSR count). The van der Waals surface area contributed by atoms with Gasteiger partial charge in [0.25, 0.3) is 5.91 Å². The van der Waals surface area contributed by atoms with Crippen molar-refractivity contribution in [3.05, 3.63) is 29.8 Å². The molecular weight excluding hydrogens is 304 g/mol. The van der Waals surface area contributed by atoms with E-state index in [1.54, 1.807) is 7.11 Å². The van der Waals surface area contributed by atoms with E-state index in [-0.39, 0.29) is 5.91 Å². The number of likely N-dealkylation sites (tertiary alicyclic amines) is 1. The lowest BCUT2D eigenvalue weighted by atomic mass is 9.89. The smallest absolute Gasteiger partial charge is 0.269 e. The third-order valence-corrected chi connectivity index (χ3v) is 4.89. The number of oxime groups is 1. The molecular formula is C19H26N2O3. The van der Waals surface area contributed by atoms with Gasteiger partial charge in [0.15, 0.2) is 0 Å². The van der Waals surface area contributed by atoms with Gasteiger partial charge in [-0.1, -0.05) is 19.0 Å². The summed E-state index contributed by atoms with van der Waals surface area (Å²) in [7, 11) is 1.64. The first kappa shape index (κ1) is 16.8. The molecule has 0 spiro atoms. The van der Waals surface area contributed by atoms with Gasteiger partial charge in [-0.05, 0) is 55.0 Å². The Labute approximate surface area is 143 Å². The van der Waals surface area contributed by atoms with Crippen molar-refractivity contribution in [2.45, 2.75) is 39.2 Å². The van der Waals surface area contributed by atoms with Crippen LogP contribution in [-0.4, -0.2) is 42.3 Å². The van der Waals surface area contributed by atoms with Crippen LogP contribution in [0.1, 0.15) is 39.2 Å². The molecule has 130 valence electrons. The van der Waals surface area contributed by atoms with Crippen molar-refractivity contribution in [2.75, 3.05) is 20.2 Å². The predicted molar refractivity (Wildman–Crippen MR) is 93.2 cm³/mol. The van der Waals surface area contributed by atoms with E-state index in [0.29, 0.717) is 18.3 Å². The fourth-order valence-corrected chi connectivity index (χ4v) is 3.76. The van der Waals surface area contributed by atoms with Crippen LogP contribution >= 0.6 is 0 Å². The maximum Gasteiger partial charge on any atom is 0.269 e. The van der Waals surface area contributed by atoms with E-state index in [4.69, 9.17) is 9.57 Å². The maximum atomic E-state index is 13.0. The van der Waals surface area contributed by atoms with Gasteiger partial charge in [-0.3, -0.25) is 4.79 Å². The van der Waals surface area contributed by atoms with E-state index in [9.17, 15) is 4.79 Å². The van der Waals surface area contributed by atoms with Crippen LogP contribution in [0.25, 0.3) is 0 Å². The van der Waals surface area contributed by atoms with Crippen LogP contribution in [0.5, 0.6) is 5.75 Å². The lowest BCUT2D eigenvalue weighted by molar-refractivity contribution is -0.156. The number of methoxy groups -OCH3 is 1. The van der Waals surface area contributed by atoms with E-state index >= 15 is 0 Å². The molecule has 3 atom stereocenters. The summed E-state index contributed by atoms with van der Waals surface area (Å²) < 4.78 is 5.18. The van der Waals surface area contributed by atoms with Gasteiger partial charge in [-0.2, -0.15) is 0 Å². The van der Waals surface area contributed by atoms with E-state index in [2.05, 4.69) is 19.0 Å². The van der Waals surface area contributed by atoms with Crippen LogP contribution < -0.4 is 4.74 Å². The van der Waals surface area contributed by atoms with Crippen LogP contribution in [0.2, 0.25) is 0 Å². The molecule has 5 heteroatoms. The third-order valence-electron chi connectivity index (χ3n) is 4.89. The summed E-state index contributed by atoms with van der Waals surface area (Å²) in [5, 5.41) is 4.20. The molecule has 2 aliphatic rings. The molecule has 0 radical (unpaired) electrons. The zero-order valence-corrected chi connectivity index (χ0v) is 14.9. The van der Waals surface area contributed by atoms with Crippen molar-refractivity contribution in [2.24, 2.45) is 17.0 Å². The van der Waals surface area contributed by atoms with Crippen LogP contribution in [0, 0.1) is 11.8 Å². The maximum absolute atomic E-state index is 13.0. The minimum Gasteiger partial charge on any atom is -0.497 e. The van der Waals surface area contributed by atoms with Gasteiger partial charge in [0.2, 0.25) is 5.60 Å². The standard InChI is InChI=1S/C19H26N2O3/c1-13-9-14(2)12-21(11-13)18(22)19(3)10-17(20-24-19)15-5-7-16(23-4)8-6-15/h5-8,13-14H,9-12H2,1-4H3/t13-,14-,19-/m0/s1. The summed E-state index contributed by atoms with van der Waals surface area (Å²) >= 11 is 0. The zero-order valence-electron chi connectivity index (χ0n) is 14.9. The summed E-state index contributed by atoms with van der Waals surface area (Å²) in [6.45, 7) is 7.86. The Balaban J connectivity index is 1.70. The topological polar surface area (TPSA) is 51.1 Å². The van der Waals surface area contributed by atoms with Gasteiger partial charge in [-0.15, -0.1) is 0 Å². The molecule has 0 bridgehead atoms. The second-order valence-electron chi connectivity index (χ2n) is 7.42. The first-order valence-electron chi connectivity index (χ1n) is 8.60. The number of rotatable bonds is 3. The molecule has 0 unspecified atom stereocenters. The number of nitrogens with zero attached hydrogens (tertiary/aromatic N) is 2. The number of amides is 1. The molecule has 1 aromatic carbocycles. The van der Waals surface area contributed by atoms with Crippen LogP contribution in [0.4, 0.5) is 0 Å². The summed E-state index contributed by atoms with van der Waals surface area (Å²) in [6, 6.07) is 7.68. The minimum absolute atomic E-state index is 0.0492. The van der Waals surface area contributed by atoms with Crippen molar-refractivity contribution in [3.8, 4) is 5.75 Å². The summed E-state index contributed by atoms with van der Waals surface area (Å²) in [4.78, 5) is 20.6. The average molecular weight is 330 g/mol. The first-order valence-corrected chi connectivity index (χ1v) is 8.60. The highest BCUT2D eigenvalue weighted by Crippen LogP contribution is 2.31. The Morgan fingerprint density at radius 1 is 1.25 bits per heavy atom. The Bertz CT molecular complexity index is 631. The van der Waals surface area contributed by atoms with Crippen LogP contribution in [0.15, 0.2) is 29.4 Å². The molecule has 2 aliphatic heterocycles. The molecule has 2 heterocycles. The normalized spacial score (nSPS) is 29.8. The highest BCUT2D eigenvalue weighted by molar-refractivity contribution is 6.05. The van der Waals surface area contributed by atoms with Gasteiger partial charge in [0.1, 0.15) is 5.75 Å². The summed E-state index contributed by atoms with van der Waals surface area (Å²) in [6.07, 6.45) is 1.67. The number of hydrogen-bond acceptors (Lipinski definition) is 4. The Morgan fingerprint density at radius 2 is 1.88 bits per heavy atom. The zero-order chi connectivity index (χ0) is 17.3. The van der Waals surface area contributed by atoms with E-state index < -0.39 is 5.60 Å². The largest absolute Gasteiger partial charge is 0.497 e. The molecule has 1 amide bonds. The minimum atomic E-state index is -0.897. The molecule has 0 aliphatic carbocycles. The lowest BCUT2D eigenvalue weighted by Gasteiger charge is -2.38. The molecule has 1 aromatic rings. The average Bonchev–Trinajstić information content (AvgIpc) is 2.97. The van der Waals surface area contributed by atoms with Gasteiger partial charge < -0.3 is 14.5 Å². The number of hydrogen-bond donors (Lipinski definition) is 0. The van der Waals surface area contributed by atoms with Crippen molar-refractivity contribution in [3.63, 3.8) is 0 Å². The molecule has 0 N–H and O–H groups in total. The molecule has 5 nitrogen and oxygen atoms in total. The Hall–Kier alpha value is -2.04. The summed E-state index contributed by atoms with van der Waals surface area (Å²) in [5.74, 6) is 1.91. The molecule has 0 aromatic heterocycles. The quantitative estimate of drug-likeness (QED) is 0.856. The van der Waals surface area contributed by atoms with E-state index in [1.165, 1.54) is 6.42 Å². The van der Waals surface area contributed by atoms with Crippen LogP contribution in [-0.2, 0) is 9.63 Å². The number of benzene rings is 1. The van der Waals surface area contributed by atoms with Crippen molar-refractivity contribution >= 4 is 11.6 Å². The van der Waals surface area contributed by atoms with Gasteiger partial charge in [-0.25, -0.2) is 0 Å². The molecule has 0 saturated carbocycles. The van der Waals surface area contributed by atoms with Crippen LogP contribution in [0.3, 0.4) is 0 Å². The fraction of sp³-hybridized carbons (Fsp3) is 0.579. The number of piperidine rings is 1. The van der Waals surface area contributed by atoms with E-state index in [0.717, 1.165) is 30.1 Å². The third kappa shape index (κ3) is 3.25. The first-order chi connectivity index (χ1) is 11.4. The molecule has 1 fully saturated rings. The van der Waals surface area contributed by atoms with Crippen molar-refractivity contribution < 1.29 is 14.4 Å².